The minimum atomic E-state index is 0.617. The Hall–Kier alpha value is -2.67. The second-order valence-electron chi connectivity index (χ2n) is 7.04. The number of aromatic nitrogens is 2. The summed E-state index contributed by atoms with van der Waals surface area (Å²) in [6.45, 7) is 14.4. The molecule has 7 nitrogen and oxygen atoms in total. The zero-order valence-corrected chi connectivity index (χ0v) is 16.7. The van der Waals surface area contributed by atoms with E-state index >= 15 is 0 Å². The maximum absolute atomic E-state index is 4.46. The first kappa shape index (κ1) is 19.1. The second-order valence-corrected chi connectivity index (χ2v) is 7.04. The number of hydrogen-bond donors (Lipinski definition) is 1. The zero-order chi connectivity index (χ0) is 19.4. The Kier molecular flexibility index (Phi) is 5.91. The number of benzene rings is 1. The average molecular weight is 368 g/mol. The van der Waals surface area contributed by atoms with Crippen molar-refractivity contribution in [1.29, 1.82) is 0 Å². The monoisotopic (exact) mass is 367 g/mol. The normalized spacial score (nSPS) is 16.0. The van der Waals surface area contributed by atoms with E-state index in [-0.39, 0.29) is 0 Å². The Bertz CT molecular complexity index is 844. The number of aryl methyl sites for hydroxylation is 1. The molecule has 0 radical (unpaired) electrons. The highest BCUT2D eigenvalue weighted by Crippen LogP contribution is 2.21. The van der Waals surface area contributed by atoms with Crippen molar-refractivity contribution in [2.75, 3.05) is 43.4 Å². The van der Waals surface area contributed by atoms with Gasteiger partial charge in [-0.3, -0.25) is 9.89 Å². The van der Waals surface area contributed by atoms with E-state index in [4.69, 9.17) is 0 Å². The molecule has 1 aliphatic heterocycles. The molecule has 2 aromatic rings. The lowest BCUT2D eigenvalue weighted by atomic mass is 10.2. The average Bonchev–Trinajstić information content (AvgIpc) is 2.69. The number of nitrogens with zero attached hydrogens (tertiary/aromatic N) is 6. The molecule has 0 bridgehead atoms. The van der Waals surface area contributed by atoms with Gasteiger partial charge in [0.05, 0.1) is 11.9 Å². The number of nitrogens with one attached hydrogen (secondary N) is 1. The van der Waals surface area contributed by atoms with E-state index < -0.39 is 0 Å². The van der Waals surface area contributed by atoms with Crippen molar-refractivity contribution in [2.24, 2.45) is 10.1 Å². The number of hydrogen-bond acceptors (Lipinski definition) is 6. The molecule has 0 atom stereocenters. The molecule has 1 saturated heterocycles. The molecule has 0 spiro atoms. The molecule has 2 heterocycles. The van der Waals surface area contributed by atoms with Crippen LogP contribution in [0, 0.1) is 6.92 Å². The predicted molar refractivity (Wildman–Crippen MR) is 112 cm³/mol. The molecule has 0 unspecified atom stereocenters. The first-order valence-corrected chi connectivity index (χ1v) is 9.38. The summed E-state index contributed by atoms with van der Waals surface area (Å²) in [4.78, 5) is 13.7. The van der Waals surface area contributed by atoms with Gasteiger partial charge in [0, 0.05) is 57.4 Å². The van der Waals surface area contributed by atoms with E-state index in [0.29, 0.717) is 17.3 Å². The van der Waals surface area contributed by atoms with Gasteiger partial charge in [-0.1, -0.05) is 0 Å². The molecule has 3 rings (SSSR count). The van der Waals surface area contributed by atoms with Gasteiger partial charge in [-0.15, -0.1) is 0 Å². The van der Waals surface area contributed by atoms with E-state index in [1.807, 2.05) is 6.92 Å². The molecule has 1 N–H and O–H groups in total. The molecule has 0 aliphatic carbocycles. The third-order valence-electron chi connectivity index (χ3n) is 5.02. The SMILES string of the molecule is C=Nn1c(C)cnc(Nc2ccc(N3CCN(C(C)C)CC3)cc2)/c1=N/C. The van der Waals surface area contributed by atoms with Crippen LogP contribution in [0.4, 0.5) is 17.2 Å². The standard InChI is InChI=1S/C20H29N7/c1-15(2)25-10-12-26(13-11-25)18-8-6-17(7-9-18)24-19-20(21-4)27(22-5)16(3)14-23-19/h6-9,14-15H,5,10-13H2,1-4H3,(H,23,24)/b21-20-. The summed E-state index contributed by atoms with van der Waals surface area (Å²) in [5, 5.41) is 7.36. The summed E-state index contributed by atoms with van der Waals surface area (Å²) in [5.74, 6) is 0.661. The van der Waals surface area contributed by atoms with Crippen molar-refractivity contribution in [3.63, 3.8) is 0 Å². The fourth-order valence-electron chi connectivity index (χ4n) is 3.39. The highest BCUT2D eigenvalue weighted by molar-refractivity contribution is 5.60. The Labute approximate surface area is 161 Å². The van der Waals surface area contributed by atoms with Crippen LogP contribution in [0.15, 0.2) is 40.6 Å². The van der Waals surface area contributed by atoms with Crippen LogP contribution in [0.2, 0.25) is 0 Å². The van der Waals surface area contributed by atoms with Crippen LogP contribution >= 0.6 is 0 Å². The van der Waals surface area contributed by atoms with Crippen molar-refractivity contribution in [2.45, 2.75) is 26.8 Å². The lowest BCUT2D eigenvalue weighted by molar-refractivity contribution is 0.209. The third-order valence-corrected chi connectivity index (χ3v) is 5.02. The molecule has 0 saturated carbocycles. The molecule has 1 aromatic heterocycles. The van der Waals surface area contributed by atoms with Crippen LogP contribution < -0.4 is 15.7 Å². The summed E-state index contributed by atoms with van der Waals surface area (Å²) in [6, 6.07) is 9.09. The first-order chi connectivity index (χ1) is 13.0. The van der Waals surface area contributed by atoms with Gasteiger partial charge < -0.3 is 10.2 Å². The molecule has 0 amide bonds. The minimum absolute atomic E-state index is 0.617. The summed E-state index contributed by atoms with van der Waals surface area (Å²) >= 11 is 0. The van der Waals surface area contributed by atoms with Gasteiger partial charge in [0.25, 0.3) is 0 Å². The summed E-state index contributed by atoms with van der Waals surface area (Å²) < 4.78 is 1.68. The van der Waals surface area contributed by atoms with Crippen molar-refractivity contribution in [3.05, 3.63) is 41.6 Å². The summed E-state index contributed by atoms with van der Waals surface area (Å²) in [6.07, 6.45) is 1.76. The van der Waals surface area contributed by atoms with Crippen LogP contribution in [0.1, 0.15) is 19.5 Å². The van der Waals surface area contributed by atoms with E-state index in [1.165, 1.54) is 5.69 Å². The van der Waals surface area contributed by atoms with Crippen molar-refractivity contribution in [3.8, 4) is 0 Å². The van der Waals surface area contributed by atoms with Gasteiger partial charge in [0.2, 0.25) is 0 Å². The predicted octanol–water partition coefficient (Wildman–Crippen LogP) is 2.46. The van der Waals surface area contributed by atoms with E-state index in [1.54, 1.807) is 17.9 Å². The van der Waals surface area contributed by atoms with Crippen LogP contribution in [0.5, 0.6) is 0 Å². The molecule has 7 heteroatoms. The van der Waals surface area contributed by atoms with Crippen LogP contribution in [-0.4, -0.2) is 60.5 Å². The Morgan fingerprint density at radius 1 is 1.11 bits per heavy atom. The zero-order valence-electron chi connectivity index (χ0n) is 16.7. The molecular weight excluding hydrogens is 338 g/mol. The molecule has 1 aliphatic rings. The van der Waals surface area contributed by atoms with Crippen LogP contribution in [0.25, 0.3) is 0 Å². The van der Waals surface area contributed by atoms with Gasteiger partial charge in [-0.05, 0) is 45.0 Å². The number of rotatable bonds is 5. The summed E-state index contributed by atoms with van der Waals surface area (Å²) in [5.41, 5.74) is 3.76. The van der Waals surface area contributed by atoms with Gasteiger partial charge in [0.15, 0.2) is 11.3 Å². The second kappa shape index (κ2) is 8.35. The number of piperazine rings is 1. The fourth-order valence-corrected chi connectivity index (χ4v) is 3.39. The largest absolute Gasteiger partial charge is 0.369 e. The van der Waals surface area contributed by atoms with E-state index in [9.17, 15) is 0 Å². The van der Waals surface area contributed by atoms with E-state index in [2.05, 4.69) is 75.0 Å². The van der Waals surface area contributed by atoms with Crippen molar-refractivity contribution < 1.29 is 0 Å². The summed E-state index contributed by atoms with van der Waals surface area (Å²) in [7, 11) is 1.73. The van der Waals surface area contributed by atoms with Gasteiger partial charge >= 0.3 is 0 Å². The van der Waals surface area contributed by atoms with Gasteiger partial charge in [-0.25, -0.2) is 9.66 Å². The van der Waals surface area contributed by atoms with Crippen LogP contribution in [-0.2, 0) is 0 Å². The number of anilines is 3. The van der Waals surface area contributed by atoms with Crippen molar-refractivity contribution >= 4 is 23.9 Å². The quantitative estimate of drug-likeness (QED) is 0.825. The van der Waals surface area contributed by atoms with Gasteiger partial charge in [0.1, 0.15) is 0 Å². The topological polar surface area (TPSA) is 61.1 Å². The van der Waals surface area contributed by atoms with Gasteiger partial charge in [-0.2, -0.15) is 5.10 Å². The Balaban J connectivity index is 1.73. The first-order valence-electron chi connectivity index (χ1n) is 9.38. The molecule has 1 fully saturated rings. The molecule has 27 heavy (non-hydrogen) atoms. The van der Waals surface area contributed by atoms with Crippen molar-refractivity contribution in [1.82, 2.24) is 14.6 Å². The van der Waals surface area contributed by atoms with E-state index in [0.717, 1.165) is 37.6 Å². The lowest BCUT2D eigenvalue weighted by Crippen LogP contribution is -2.48. The third kappa shape index (κ3) is 4.19. The lowest BCUT2D eigenvalue weighted by Gasteiger charge is -2.38. The maximum atomic E-state index is 4.46. The maximum Gasteiger partial charge on any atom is 0.192 e. The van der Waals surface area contributed by atoms with Crippen LogP contribution in [0.3, 0.4) is 0 Å². The Morgan fingerprint density at radius 2 is 1.78 bits per heavy atom. The fraction of sp³-hybridized carbons (Fsp3) is 0.450. The smallest absolute Gasteiger partial charge is 0.192 e. The highest BCUT2D eigenvalue weighted by atomic mass is 15.4. The molecular formula is C20H29N7. The molecule has 144 valence electrons. The molecule has 1 aromatic carbocycles. The minimum Gasteiger partial charge on any atom is -0.369 e. The Morgan fingerprint density at radius 3 is 2.33 bits per heavy atom. The highest BCUT2D eigenvalue weighted by Gasteiger charge is 2.18.